The number of halogens is 1. The van der Waals surface area contributed by atoms with Gasteiger partial charge in [0.1, 0.15) is 17.4 Å². The largest absolute Gasteiger partial charge is 0.488 e. The summed E-state index contributed by atoms with van der Waals surface area (Å²) >= 11 is 0. The van der Waals surface area contributed by atoms with Gasteiger partial charge in [-0.3, -0.25) is 4.79 Å². The highest BCUT2D eigenvalue weighted by molar-refractivity contribution is 5.87. The van der Waals surface area contributed by atoms with Gasteiger partial charge in [-0.2, -0.15) is 0 Å². The Morgan fingerprint density at radius 2 is 1.76 bits per heavy atom. The molecule has 3 N–H and O–H groups in total. The summed E-state index contributed by atoms with van der Waals surface area (Å²) in [6.07, 6.45) is 0.697. The summed E-state index contributed by atoms with van der Waals surface area (Å²) in [6, 6.07) is 17.3. The molecule has 25 heavy (non-hydrogen) atoms. The normalized spacial score (nSPS) is 13.9. The third kappa shape index (κ3) is 5.48. The Morgan fingerprint density at radius 1 is 1.16 bits per heavy atom. The van der Waals surface area contributed by atoms with E-state index in [-0.39, 0.29) is 24.4 Å². The quantitative estimate of drug-likeness (QED) is 0.791. The van der Waals surface area contributed by atoms with Gasteiger partial charge in [0, 0.05) is 0 Å². The van der Waals surface area contributed by atoms with Gasteiger partial charge >= 0.3 is 0 Å². The molecule has 0 radical (unpaired) electrons. The van der Waals surface area contributed by atoms with Gasteiger partial charge in [0.05, 0.1) is 6.54 Å². The van der Waals surface area contributed by atoms with Crippen molar-refractivity contribution in [2.45, 2.75) is 38.8 Å². The molecule has 0 heterocycles. The number of hydrogen-bond donors (Lipinski definition) is 2. The van der Waals surface area contributed by atoms with E-state index in [9.17, 15) is 4.79 Å². The summed E-state index contributed by atoms with van der Waals surface area (Å²) < 4.78 is 6.01. The highest BCUT2D eigenvalue weighted by atomic mass is 35.5. The number of ether oxygens (including phenoxy) is 1. The van der Waals surface area contributed by atoms with Crippen molar-refractivity contribution < 1.29 is 9.53 Å². The van der Waals surface area contributed by atoms with Gasteiger partial charge in [-0.25, -0.2) is 0 Å². The molecular formula is C20H27ClN2O2. The molecule has 1 amide bonds. The van der Waals surface area contributed by atoms with Crippen LogP contribution in [-0.4, -0.2) is 18.6 Å². The summed E-state index contributed by atoms with van der Waals surface area (Å²) in [7, 11) is 0. The van der Waals surface area contributed by atoms with Gasteiger partial charge in [0.25, 0.3) is 0 Å². The van der Waals surface area contributed by atoms with E-state index in [0.717, 1.165) is 23.3 Å². The molecule has 0 fully saturated rings. The molecule has 0 spiro atoms. The second kappa shape index (κ2) is 9.44. The first kappa shape index (κ1) is 21.0. The van der Waals surface area contributed by atoms with E-state index in [1.54, 1.807) is 6.92 Å². The van der Waals surface area contributed by atoms with Crippen molar-refractivity contribution in [3.8, 4) is 5.75 Å². The van der Waals surface area contributed by atoms with Gasteiger partial charge < -0.3 is 15.8 Å². The molecule has 0 saturated carbocycles. The first-order valence-electron chi connectivity index (χ1n) is 8.30. The molecular weight excluding hydrogens is 336 g/mol. The molecule has 2 aromatic rings. The molecule has 4 nitrogen and oxygen atoms in total. The van der Waals surface area contributed by atoms with E-state index >= 15 is 0 Å². The third-order valence-corrected chi connectivity index (χ3v) is 4.18. The summed E-state index contributed by atoms with van der Waals surface area (Å²) in [5.41, 5.74) is 7.03. The lowest BCUT2D eigenvalue weighted by Crippen LogP contribution is -2.51. The van der Waals surface area contributed by atoms with E-state index in [0.29, 0.717) is 6.54 Å². The summed E-state index contributed by atoms with van der Waals surface area (Å²) in [5, 5.41) is 2.92. The molecule has 5 heteroatoms. The number of para-hydroxylation sites is 1. The maximum absolute atomic E-state index is 12.5. The van der Waals surface area contributed by atoms with E-state index < -0.39 is 5.54 Å². The molecule has 0 aliphatic rings. The van der Waals surface area contributed by atoms with Crippen LogP contribution in [0.15, 0.2) is 54.6 Å². The first-order valence-corrected chi connectivity index (χ1v) is 8.30. The van der Waals surface area contributed by atoms with Crippen LogP contribution >= 0.6 is 12.4 Å². The van der Waals surface area contributed by atoms with Crippen LogP contribution < -0.4 is 15.8 Å². The van der Waals surface area contributed by atoms with E-state index in [2.05, 4.69) is 5.32 Å². The highest BCUT2D eigenvalue weighted by Gasteiger charge is 2.30. The van der Waals surface area contributed by atoms with Crippen LogP contribution in [-0.2, 0) is 10.3 Å². The zero-order valence-corrected chi connectivity index (χ0v) is 15.8. The van der Waals surface area contributed by atoms with E-state index in [1.807, 2.05) is 68.4 Å². The number of aryl methyl sites for hydroxylation is 1. The number of hydrogen-bond acceptors (Lipinski definition) is 3. The summed E-state index contributed by atoms with van der Waals surface area (Å²) in [5.74, 6) is 0.637. The average molecular weight is 363 g/mol. The van der Waals surface area contributed by atoms with Gasteiger partial charge in [-0.05, 0) is 37.5 Å². The predicted molar refractivity (Wildman–Crippen MR) is 104 cm³/mol. The van der Waals surface area contributed by atoms with Crippen molar-refractivity contribution in [1.82, 2.24) is 5.32 Å². The van der Waals surface area contributed by atoms with Crippen molar-refractivity contribution in [1.29, 1.82) is 0 Å². The SMILES string of the molecule is CCC(CNC(=O)C(C)(N)c1ccccc1)Oc1ccccc1C.Cl. The first-order chi connectivity index (χ1) is 11.4. The minimum atomic E-state index is -1.07. The van der Waals surface area contributed by atoms with Crippen LogP contribution in [0.25, 0.3) is 0 Å². The van der Waals surface area contributed by atoms with Crippen LogP contribution in [0.2, 0.25) is 0 Å². The van der Waals surface area contributed by atoms with E-state index in [1.165, 1.54) is 0 Å². The Labute approximate surface area is 156 Å². The van der Waals surface area contributed by atoms with Crippen LogP contribution in [0.1, 0.15) is 31.4 Å². The Balaban J connectivity index is 0.00000312. The van der Waals surface area contributed by atoms with Crippen LogP contribution in [0.3, 0.4) is 0 Å². The van der Waals surface area contributed by atoms with Gasteiger partial charge in [-0.1, -0.05) is 55.5 Å². The maximum atomic E-state index is 12.5. The third-order valence-electron chi connectivity index (χ3n) is 4.18. The number of nitrogens with one attached hydrogen (secondary N) is 1. The number of benzene rings is 2. The predicted octanol–water partition coefficient (Wildman–Crippen LogP) is 3.56. The minimum absolute atomic E-state index is 0. The van der Waals surface area contributed by atoms with Crippen molar-refractivity contribution in [2.75, 3.05) is 6.54 Å². The Hall–Kier alpha value is -2.04. The molecule has 0 saturated heterocycles. The molecule has 2 atom stereocenters. The highest BCUT2D eigenvalue weighted by Crippen LogP contribution is 2.20. The zero-order valence-electron chi connectivity index (χ0n) is 15.0. The fourth-order valence-electron chi connectivity index (χ4n) is 2.44. The summed E-state index contributed by atoms with van der Waals surface area (Å²) in [6.45, 7) is 6.19. The number of carbonyl (C=O) groups excluding carboxylic acids is 1. The number of nitrogens with two attached hydrogens (primary N) is 1. The molecule has 2 unspecified atom stereocenters. The Kier molecular flexibility index (Phi) is 7.94. The lowest BCUT2D eigenvalue weighted by molar-refractivity contribution is -0.126. The molecule has 2 rings (SSSR count). The standard InChI is InChI=1S/C20H26N2O2.ClH/c1-4-17(24-18-13-9-8-10-15(18)2)14-22-19(23)20(3,21)16-11-6-5-7-12-16;/h5-13,17H,4,14,21H2,1-3H3,(H,22,23);1H. The maximum Gasteiger partial charge on any atom is 0.244 e. The monoisotopic (exact) mass is 362 g/mol. The van der Waals surface area contributed by atoms with Crippen molar-refractivity contribution >= 4 is 18.3 Å². The smallest absolute Gasteiger partial charge is 0.244 e. The second-order valence-electron chi connectivity index (χ2n) is 6.19. The number of carbonyl (C=O) groups is 1. The molecule has 0 bridgehead atoms. The van der Waals surface area contributed by atoms with Crippen molar-refractivity contribution in [3.05, 3.63) is 65.7 Å². The van der Waals surface area contributed by atoms with Gasteiger partial charge in [-0.15, -0.1) is 12.4 Å². The lowest BCUT2D eigenvalue weighted by atomic mass is 9.92. The zero-order chi connectivity index (χ0) is 17.6. The molecule has 2 aromatic carbocycles. The molecule has 0 aliphatic heterocycles. The topological polar surface area (TPSA) is 64.4 Å². The van der Waals surface area contributed by atoms with Crippen LogP contribution in [0.4, 0.5) is 0 Å². The van der Waals surface area contributed by atoms with Crippen LogP contribution in [0, 0.1) is 6.92 Å². The second-order valence-corrected chi connectivity index (χ2v) is 6.19. The Bertz CT molecular complexity index is 674. The van der Waals surface area contributed by atoms with Crippen molar-refractivity contribution in [3.63, 3.8) is 0 Å². The fraction of sp³-hybridized carbons (Fsp3) is 0.350. The Morgan fingerprint density at radius 3 is 2.36 bits per heavy atom. The molecule has 0 aliphatic carbocycles. The molecule has 0 aromatic heterocycles. The summed E-state index contributed by atoms with van der Waals surface area (Å²) in [4.78, 5) is 12.5. The fourth-order valence-corrected chi connectivity index (χ4v) is 2.44. The lowest BCUT2D eigenvalue weighted by Gasteiger charge is -2.26. The molecule has 136 valence electrons. The average Bonchev–Trinajstić information content (AvgIpc) is 2.60. The van der Waals surface area contributed by atoms with Gasteiger partial charge in [0.15, 0.2) is 0 Å². The van der Waals surface area contributed by atoms with Crippen LogP contribution in [0.5, 0.6) is 5.75 Å². The minimum Gasteiger partial charge on any atom is -0.488 e. The van der Waals surface area contributed by atoms with Gasteiger partial charge in [0.2, 0.25) is 5.91 Å². The number of amides is 1. The van der Waals surface area contributed by atoms with E-state index in [4.69, 9.17) is 10.5 Å². The number of rotatable bonds is 7. The van der Waals surface area contributed by atoms with Crippen molar-refractivity contribution in [2.24, 2.45) is 5.73 Å².